The van der Waals surface area contributed by atoms with Gasteiger partial charge in [-0.25, -0.2) is 13.4 Å². The van der Waals surface area contributed by atoms with Gasteiger partial charge in [-0.15, -0.1) is 5.11 Å². The van der Waals surface area contributed by atoms with Gasteiger partial charge in [0.2, 0.25) is 5.91 Å². The fourth-order valence-electron chi connectivity index (χ4n) is 6.66. The molecular weight excluding hydrogens is 899 g/mol. The Kier molecular flexibility index (Phi) is 15.4. The summed E-state index contributed by atoms with van der Waals surface area (Å²) in [6.45, 7) is 5.44. The van der Waals surface area contributed by atoms with E-state index in [1.165, 1.54) is 43.5 Å². The first-order chi connectivity index (χ1) is 29.4. The van der Waals surface area contributed by atoms with E-state index in [1.807, 2.05) is 32.9 Å². The number of carbonyl (C=O) groups is 1. The third-order valence-electron chi connectivity index (χ3n) is 9.42. The number of ether oxygens (including phenoxy) is 2. The van der Waals surface area contributed by atoms with Gasteiger partial charge in [-0.05, 0) is 51.0 Å². The molecule has 2 aliphatic rings. The zero-order valence-corrected chi connectivity index (χ0v) is 36.4. The summed E-state index contributed by atoms with van der Waals surface area (Å²) in [4.78, 5) is 95.2. The molecule has 0 spiro atoms. The number of anilines is 1. The van der Waals surface area contributed by atoms with Crippen LogP contribution < -0.4 is 40.9 Å². The van der Waals surface area contributed by atoms with Crippen molar-refractivity contribution in [3.05, 3.63) is 96.8 Å². The summed E-state index contributed by atoms with van der Waals surface area (Å²) in [6.07, 6.45) is 1.92. The van der Waals surface area contributed by atoms with E-state index in [4.69, 9.17) is 14.4 Å². The van der Waals surface area contributed by atoms with Gasteiger partial charge in [0, 0.05) is 61.6 Å². The van der Waals surface area contributed by atoms with E-state index in [1.54, 1.807) is 0 Å². The highest BCUT2D eigenvalue weighted by atomic mass is 31.3. The lowest BCUT2D eigenvalue weighted by Gasteiger charge is -2.43. The van der Waals surface area contributed by atoms with E-state index in [0.29, 0.717) is 30.1 Å². The van der Waals surface area contributed by atoms with Crippen LogP contribution in [0.3, 0.4) is 0 Å². The van der Waals surface area contributed by atoms with Crippen LogP contribution in [0.4, 0.5) is 22.7 Å². The molecule has 2 aliphatic heterocycles. The molecule has 1 saturated heterocycles. The van der Waals surface area contributed by atoms with Crippen molar-refractivity contribution in [3.63, 3.8) is 0 Å². The number of rotatable bonds is 19. The molecule has 25 nitrogen and oxygen atoms in total. The molecule has 28 heteroatoms. The number of fused-ring (bicyclic) bond motifs is 1. The summed E-state index contributed by atoms with van der Waals surface area (Å²) in [7, 11) is -16.5. The fourth-order valence-corrected chi connectivity index (χ4v) is 9.56. The Morgan fingerprint density at radius 3 is 2.46 bits per heavy atom. The number of benzene rings is 2. The second kappa shape index (κ2) is 19.8. The van der Waals surface area contributed by atoms with Gasteiger partial charge in [-0.3, -0.25) is 42.9 Å². The van der Waals surface area contributed by atoms with Gasteiger partial charge in [0.25, 0.3) is 34.7 Å². The number of hydrogen-bond donors (Lipinski definition) is 4. The number of hydrogen-bond acceptors (Lipinski definition) is 20. The number of amides is 1. The number of aliphatic hydroxyl groups excluding tert-OH is 1. The number of aliphatic hydroxyl groups is 1. The van der Waals surface area contributed by atoms with E-state index in [-0.39, 0.29) is 36.5 Å². The Bertz CT molecular complexity index is 2570. The standard InChI is InChI=1S/C35H44N7O18P3/c1-21-18-35(2,3)41(27-16-29(56-4)26(15-25(21)27)39-38-23-9-11-24(12-10-23)42(47)48)14-6-8-31(44)36-13-5-7-22-19-40(34(46)37-33(22)45)32-17-28(43)30(58-32)20-57-62(52,53)60-63(54,55)59-61(49,50)51/h5,7,9-12,15-16,18-19,28,30,32,43H,6,8,13-14,17,20H2,1-4H3,(H,36,44)(H,52,53)(H,54,55)(H,37,45,46)(H2,49,50,51)/p-3/b7-5+,39-38?/t28-,30+,32+/m0/s1. The predicted molar refractivity (Wildman–Crippen MR) is 216 cm³/mol. The van der Waals surface area contributed by atoms with Crippen molar-refractivity contribution in [2.75, 3.05) is 31.7 Å². The molecule has 1 fully saturated rings. The third-order valence-corrected chi connectivity index (χ3v) is 13.1. The molecule has 3 heterocycles. The van der Waals surface area contributed by atoms with E-state index in [9.17, 15) is 58.0 Å². The number of methoxy groups -OCH3 is 1. The molecule has 4 N–H and O–H groups in total. The van der Waals surface area contributed by atoms with E-state index in [2.05, 4.69) is 44.7 Å². The Labute approximate surface area is 357 Å². The smallest absolute Gasteiger partial charge is 0.330 e. The number of nitro groups is 1. The van der Waals surface area contributed by atoms with Crippen LogP contribution in [-0.4, -0.2) is 74.9 Å². The second-order valence-electron chi connectivity index (χ2n) is 14.5. The molecule has 342 valence electrons. The maximum atomic E-state index is 12.9. The zero-order valence-electron chi connectivity index (χ0n) is 33.8. The molecule has 5 rings (SSSR count). The number of phosphoric acid groups is 3. The minimum absolute atomic E-state index is 0.00679. The Morgan fingerprint density at radius 2 is 1.81 bits per heavy atom. The van der Waals surface area contributed by atoms with Crippen molar-refractivity contribution in [2.45, 2.75) is 64.0 Å². The third kappa shape index (κ3) is 13.3. The maximum Gasteiger partial charge on any atom is 0.330 e. The number of nitro benzene ring substituents is 1. The quantitative estimate of drug-likeness (QED) is 0.0580. The SMILES string of the molecule is COc1cc2c(cc1N=Nc1ccc([N+](=O)[O-])cc1)C(C)=CC(C)(C)N2CCCC(=O)NC/C=C/c1cn([C@H]2C[C@H](O)[C@@H](COP(=O)([O-])OP(=O)([O-])OP(=O)([O-])O)O2)c(=O)[nH]c1=O. The van der Waals surface area contributed by atoms with Crippen LogP contribution in [0, 0.1) is 10.1 Å². The van der Waals surface area contributed by atoms with Crippen molar-refractivity contribution in [2.24, 2.45) is 10.2 Å². The monoisotopic (exact) mass is 940 g/mol. The lowest BCUT2D eigenvalue weighted by atomic mass is 9.88. The molecule has 0 saturated carbocycles. The molecule has 1 aromatic heterocycles. The van der Waals surface area contributed by atoms with Crippen LogP contribution in [-0.2, 0) is 36.4 Å². The molecular formula is C35H41N7O18P3-3. The lowest BCUT2D eigenvalue weighted by molar-refractivity contribution is -0.384. The van der Waals surface area contributed by atoms with Gasteiger partial charge in [-0.1, -0.05) is 18.2 Å². The average Bonchev–Trinajstić information content (AvgIpc) is 3.54. The van der Waals surface area contributed by atoms with Gasteiger partial charge in [0.1, 0.15) is 23.8 Å². The van der Waals surface area contributed by atoms with Gasteiger partial charge in [0.15, 0.2) is 0 Å². The van der Waals surface area contributed by atoms with Crippen LogP contribution in [0.15, 0.2) is 74.6 Å². The summed E-state index contributed by atoms with van der Waals surface area (Å²) in [6, 6.07) is 9.32. The number of non-ortho nitro benzene ring substituents is 1. The van der Waals surface area contributed by atoms with Crippen molar-refractivity contribution >= 4 is 63.8 Å². The molecule has 1 amide bonds. The molecule has 0 bridgehead atoms. The Hall–Kier alpha value is -5.00. The normalized spacial score (nSPS) is 21.3. The van der Waals surface area contributed by atoms with E-state index >= 15 is 0 Å². The summed E-state index contributed by atoms with van der Waals surface area (Å²) in [5.74, 6) is 0.145. The second-order valence-corrected chi connectivity index (χ2v) is 18.8. The first-order valence-electron chi connectivity index (χ1n) is 18.6. The van der Waals surface area contributed by atoms with Gasteiger partial charge in [0.05, 0.1) is 41.5 Å². The number of nitrogens with zero attached hydrogens (tertiary/aromatic N) is 5. The van der Waals surface area contributed by atoms with Gasteiger partial charge in [-0.2, -0.15) is 5.11 Å². The summed E-state index contributed by atoms with van der Waals surface area (Å²) in [5.41, 5.74) is 1.21. The molecule has 0 aliphatic carbocycles. The van der Waals surface area contributed by atoms with Crippen LogP contribution in [0.1, 0.15) is 57.4 Å². The summed E-state index contributed by atoms with van der Waals surface area (Å²) >= 11 is 0. The highest BCUT2D eigenvalue weighted by Crippen LogP contribution is 2.61. The number of azo groups is 1. The van der Waals surface area contributed by atoms with Crippen molar-refractivity contribution in [1.82, 2.24) is 14.9 Å². The van der Waals surface area contributed by atoms with Crippen LogP contribution in [0.25, 0.3) is 11.6 Å². The highest BCUT2D eigenvalue weighted by Gasteiger charge is 2.37. The molecule has 6 atom stereocenters. The average molecular weight is 941 g/mol. The van der Waals surface area contributed by atoms with E-state index in [0.717, 1.165) is 27.6 Å². The minimum atomic E-state index is -6.16. The van der Waals surface area contributed by atoms with Crippen LogP contribution >= 0.6 is 23.5 Å². The molecule has 3 aromatic rings. The minimum Gasteiger partial charge on any atom is -0.756 e. The number of allylic oxidation sites excluding steroid dienone is 1. The number of aromatic nitrogens is 2. The largest absolute Gasteiger partial charge is 0.756 e. The number of phosphoric ester groups is 1. The number of carbonyl (C=O) groups excluding carboxylic acids is 1. The summed E-state index contributed by atoms with van der Waals surface area (Å²) in [5, 5.41) is 32.7. The molecule has 2 aromatic carbocycles. The number of nitrogens with one attached hydrogen (secondary N) is 2. The van der Waals surface area contributed by atoms with Gasteiger partial charge >= 0.3 is 5.69 Å². The fraction of sp³-hybridized carbons (Fsp3) is 0.400. The molecule has 0 radical (unpaired) electrons. The van der Waals surface area contributed by atoms with Crippen molar-refractivity contribution in [3.8, 4) is 5.75 Å². The maximum absolute atomic E-state index is 12.9. The molecule has 63 heavy (non-hydrogen) atoms. The van der Waals surface area contributed by atoms with Crippen LogP contribution in [0.2, 0.25) is 0 Å². The van der Waals surface area contributed by atoms with Gasteiger partial charge < -0.3 is 48.9 Å². The zero-order chi connectivity index (χ0) is 46.5. The lowest BCUT2D eigenvalue weighted by Crippen LogP contribution is -2.45. The van der Waals surface area contributed by atoms with Crippen LogP contribution in [0.5, 0.6) is 5.75 Å². The molecule has 3 unspecified atom stereocenters. The van der Waals surface area contributed by atoms with Crippen molar-refractivity contribution < 1.29 is 70.7 Å². The van der Waals surface area contributed by atoms with E-state index < -0.39 is 70.2 Å². The Morgan fingerprint density at radius 1 is 1.11 bits per heavy atom. The number of H-pyrrole nitrogens is 1. The summed E-state index contributed by atoms with van der Waals surface area (Å²) < 4.78 is 57.1. The number of aromatic amines is 1. The predicted octanol–water partition coefficient (Wildman–Crippen LogP) is 2.58. The highest BCUT2D eigenvalue weighted by molar-refractivity contribution is 7.65. The first kappa shape index (κ1) is 49.0. The first-order valence-corrected chi connectivity index (χ1v) is 23.0. The van der Waals surface area contributed by atoms with Crippen molar-refractivity contribution in [1.29, 1.82) is 0 Å². The topological polar surface area (TPSA) is 362 Å². The Balaban J connectivity index is 1.15.